The number of hydrogen-bond acceptors (Lipinski definition) is 4. The molecule has 1 saturated carbocycles. The molecule has 0 spiro atoms. The first-order valence-corrected chi connectivity index (χ1v) is 4.67. The van der Waals surface area contributed by atoms with Crippen LogP contribution in [0.2, 0.25) is 0 Å². The molecule has 2 rings (SSSR count). The van der Waals surface area contributed by atoms with Crippen molar-refractivity contribution in [3.8, 4) is 5.75 Å². The number of aromatic hydroxyl groups is 1. The van der Waals surface area contributed by atoms with Gasteiger partial charge in [-0.15, -0.1) is 0 Å². The summed E-state index contributed by atoms with van der Waals surface area (Å²) in [6.45, 7) is 2.00. The van der Waals surface area contributed by atoms with Gasteiger partial charge in [0, 0.05) is 0 Å². The SMILES string of the molecule is CCOC(=O)c1nn(C2CC2)cc1O. The second-order valence-corrected chi connectivity index (χ2v) is 3.29. The van der Waals surface area contributed by atoms with Crippen molar-refractivity contribution in [3.05, 3.63) is 11.9 Å². The second-order valence-electron chi connectivity index (χ2n) is 3.29. The predicted octanol–water partition coefficient (Wildman–Crippen LogP) is 1.10. The minimum absolute atomic E-state index is 0.0127. The molecule has 76 valence electrons. The molecular weight excluding hydrogens is 184 g/mol. The van der Waals surface area contributed by atoms with E-state index in [-0.39, 0.29) is 18.1 Å². The van der Waals surface area contributed by atoms with Gasteiger partial charge in [0.25, 0.3) is 0 Å². The third-order valence-corrected chi connectivity index (χ3v) is 2.10. The maximum absolute atomic E-state index is 11.3. The smallest absolute Gasteiger partial charge is 0.362 e. The highest BCUT2D eigenvalue weighted by atomic mass is 16.5. The first kappa shape index (κ1) is 9.05. The van der Waals surface area contributed by atoms with Crippen LogP contribution in [0.15, 0.2) is 6.20 Å². The Morgan fingerprint density at radius 3 is 3.07 bits per heavy atom. The molecule has 1 aliphatic carbocycles. The highest BCUT2D eigenvalue weighted by Crippen LogP contribution is 2.35. The third kappa shape index (κ3) is 1.57. The first-order valence-electron chi connectivity index (χ1n) is 4.67. The van der Waals surface area contributed by atoms with Crippen molar-refractivity contribution in [2.24, 2.45) is 0 Å². The van der Waals surface area contributed by atoms with Gasteiger partial charge in [-0.25, -0.2) is 4.79 Å². The zero-order valence-electron chi connectivity index (χ0n) is 7.93. The van der Waals surface area contributed by atoms with Gasteiger partial charge < -0.3 is 9.84 Å². The zero-order valence-corrected chi connectivity index (χ0v) is 7.93. The van der Waals surface area contributed by atoms with Crippen molar-refractivity contribution in [1.82, 2.24) is 9.78 Å². The lowest BCUT2D eigenvalue weighted by Gasteiger charge is -1.97. The number of carbonyl (C=O) groups excluding carboxylic acids is 1. The average Bonchev–Trinajstić information content (AvgIpc) is 2.91. The molecule has 0 amide bonds. The normalized spacial score (nSPS) is 15.5. The average molecular weight is 196 g/mol. The van der Waals surface area contributed by atoms with Gasteiger partial charge in [0.15, 0.2) is 5.75 Å². The van der Waals surface area contributed by atoms with E-state index in [4.69, 9.17) is 4.74 Å². The van der Waals surface area contributed by atoms with Crippen LogP contribution in [0.25, 0.3) is 0 Å². The van der Waals surface area contributed by atoms with Gasteiger partial charge in [0.2, 0.25) is 5.69 Å². The highest BCUT2D eigenvalue weighted by Gasteiger charge is 2.27. The van der Waals surface area contributed by atoms with Gasteiger partial charge in [-0.2, -0.15) is 5.10 Å². The Kier molecular flexibility index (Phi) is 2.15. The van der Waals surface area contributed by atoms with E-state index in [1.54, 1.807) is 11.6 Å². The fourth-order valence-corrected chi connectivity index (χ4v) is 1.25. The van der Waals surface area contributed by atoms with Crippen molar-refractivity contribution in [3.63, 3.8) is 0 Å². The lowest BCUT2D eigenvalue weighted by molar-refractivity contribution is 0.0515. The van der Waals surface area contributed by atoms with Crippen LogP contribution < -0.4 is 0 Å². The van der Waals surface area contributed by atoms with Crippen LogP contribution in [0.4, 0.5) is 0 Å². The summed E-state index contributed by atoms with van der Waals surface area (Å²) >= 11 is 0. The van der Waals surface area contributed by atoms with E-state index in [0.29, 0.717) is 6.04 Å². The molecule has 1 N–H and O–H groups in total. The van der Waals surface area contributed by atoms with Crippen LogP contribution in [-0.2, 0) is 4.74 Å². The van der Waals surface area contributed by atoms with Gasteiger partial charge in [0.05, 0.1) is 18.8 Å². The quantitative estimate of drug-likeness (QED) is 0.735. The molecule has 0 unspecified atom stereocenters. The molecule has 5 nitrogen and oxygen atoms in total. The fraction of sp³-hybridized carbons (Fsp3) is 0.556. The fourth-order valence-electron chi connectivity index (χ4n) is 1.25. The molecule has 0 aromatic carbocycles. The number of carbonyl (C=O) groups is 1. The van der Waals surface area contributed by atoms with E-state index in [1.165, 1.54) is 6.20 Å². The number of rotatable bonds is 3. The number of ether oxygens (including phenoxy) is 1. The Balaban J connectivity index is 2.19. The molecular formula is C9H12N2O3. The summed E-state index contributed by atoms with van der Waals surface area (Å²) in [4.78, 5) is 11.3. The Morgan fingerprint density at radius 1 is 1.79 bits per heavy atom. The Labute approximate surface area is 81.3 Å². The number of aromatic nitrogens is 2. The molecule has 0 bridgehead atoms. The lowest BCUT2D eigenvalue weighted by atomic mass is 10.4. The molecule has 0 radical (unpaired) electrons. The first-order chi connectivity index (χ1) is 6.72. The molecule has 0 saturated heterocycles. The number of esters is 1. The summed E-state index contributed by atoms with van der Waals surface area (Å²) < 4.78 is 6.37. The maximum atomic E-state index is 11.3. The molecule has 0 aliphatic heterocycles. The van der Waals surface area contributed by atoms with Gasteiger partial charge in [0.1, 0.15) is 0 Å². The molecule has 0 atom stereocenters. The summed E-state index contributed by atoms with van der Waals surface area (Å²) in [5, 5.41) is 13.4. The number of nitrogens with zero attached hydrogens (tertiary/aromatic N) is 2. The zero-order chi connectivity index (χ0) is 10.1. The molecule has 1 aliphatic rings. The van der Waals surface area contributed by atoms with Crippen molar-refractivity contribution in [1.29, 1.82) is 0 Å². The molecule has 1 heterocycles. The van der Waals surface area contributed by atoms with Crippen LogP contribution in [-0.4, -0.2) is 27.5 Å². The molecule has 5 heteroatoms. The molecule has 1 aromatic rings. The van der Waals surface area contributed by atoms with Crippen molar-refractivity contribution < 1.29 is 14.6 Å². The van der Waals surface area contributed by atoms with Crippen LogP contribution >= 0.6 is 0 Å². The molecule has 1 aromatic heterocycles. The van der Waals surface area contributed by atoms with Gasteiger partial charge >= 0.3 is 5.97 Å². The second kappa shape index (κ2) is 3.32. The van der Waals surface area contributed by atoms with Crippen LogP contribution in [0, 0.1) is 0 Å². The number of hydrogen-bond donors (Lipinski definition) is 1. The summed E-state index contributed by atoms with van der Waals surface area (Å²) in [6, 6.07) is 0.351. The minimum Gasteiger partial charge on any atom is -0.504 e. The topological polar surface area (TPSA) is 64.3 Å². The van der Waals surface area contributed by atoms with Crippen LogP contribution in [0.3, 0.4) is 0 Å². The lowest BCUT2D eigenvalue weighted by Crippen LogP contribution is -2.07. The largest absolute Gasteiger partial charge is 0.504 e. The van der Waals surface area contributed by atoms with Gasteiger partial charge in [-0.3, -0.25) is 4.68 Å². The van der Waals surface area contributed by atoms with E-state index in [1.807, 2.05) is 0 Å². The predicted molar refractivity (Wildman–Crippen MR) is 48.1 cm³/mol. The highest BCUT2D eigenvalue weighted by molar-refractivity contribution is 5.89. The Bertz CT molecular complexity index is 355. The van der Waals surface area contributed by atoms with E-state index in [9.17, 15) is 9.90 Å². The Morgan fingerprint density at radius 2 is 2.50 bits per heavy atom. The van der Waals surface area contributed by atoms with Crippen molar-refractivity contribution >= 4 is 5.97 Å². The van der Waals surface area contributed by atoms with Gasteiger partial charge in [-0.1, -0.05) is 0 Å². The monoisotopic (exact) mass is 196 g/mol. The van der Waals surface area contributed by atoms with Crippen molar-refractivity contribution in [2.45, 2.75) is 25.8 Å². The molecule has 1 fully saturated rings. The summed E-state index contributed by atoms with van der Waals surface area (Å²) in [6.07, 6.45) is 3.59. The summed E-state index contributed by atoms with van der Waals surface area (Å²) in [7, 11) is 0. The maximum Gasteiger partial charge on any atom is 0.362 e. The van der Waals surface area contributed by atoms with E-state index in [2.05, 4.69) is 5.10 Å². The van der Waals surface area contributed by atoms with Crippen LogP contribution in [0.1, 0.15) is 36.3 Å². The summed E-state index contributed by atoms with van der Waals surface area (Å²) in [5.74, 6) is -0.667. The van der Waals surface area contributed by atoms with Gasteiger partial charge in [-0.05, 0) is 19.8 Å². The van der Waals surface area contributed by atoms with Crippen molar-refractivity contribution in [2.75, 3.05) is 6.61 Å². The van der Waals surface area contributed by atoms with E-state index >= 15 is 0 Å². The molecule has 14 heavy (non-hydrogen) atoms. The standard InChI is InChI=1S/C9H12N2O3/c1-2-14-9(13)8-7(12)5-11(10-8)6-3-4-6/h5-6,12H,2-4H2,1H3. The summed E-state index contributed by atoms with van der Waals surface area (Å²) in [5.41, 5.74) is 0.0127. The van der Waals surface area contributed by atoms with E-state index in [0.717, 1.165) is 12.8 Å². The third-order valence-electron chi connectivity index (χ3n) is 2.10. The minimum atomic E-state index is -0.565. The van der Waals surface area contributed by atoms with E-state index < -0.39 is 5.97 Å². The Hall–Kier alpha value is -1.52. The van der Waals surface area contributed by atoms with Crippen LogP contribution in [0.5, 0.6) is 5.75 Å².